The van der Waals surface area contributed by atoms with Gasteiger partial charge >= 0.3 is 0 Å². The van der Waals surface area contributed by atoms with Crippen molar-refractivity contribution < 1.29 is 4.79 Å². The maximum absolute atomic E-state index is 11.2. The molecule has 1 aromatic heterocycles. The van der Waals surface area contributed by atoms with Gasteiger partial charge in [-0.2, -0.15) is 5.10 Å². The SMILES string of the molecule is C=NNC(=O)c1cc(Cl)nc(Cl)c1. The van der Waals surface area contributed by atoms with E-state index in [4.69, 9.17) is 23.2 Å². The van der Waals surface area contributed by atoms with E-state index in [1.807, 2.05) is 0 Å². The number of hydrogen-bond acceptors (Lipinski definition) is 3. The number of hydrazone groups is 1. The van der Waals surface area contributed by atoms with Gasteiger partial charge in [0.2, 0.25) is 0 Å². The second kappa shape index (κ2) is 4.20. The molecule has 1 amide bonds. The summed E-state index contributed by atoms with van der Waals surface area (Å²) in [4.78, 5) is 14.8. The molecule has 1 heterocycles. The summed E-state index contributed by atoms with van der Waals surface area (Å²) in [5.74, 6) is -0.429. The molecule has 0 aliphatic carbocycles. The molecule has 13 heavy (non-hydrogen) atoms. The highest BCUT2D eigenvalue weighted by Crippen LogP contribution is 2.14. The first-order valence-corrected chi connectivity index (χ1v) is 3.98. The van der Waals surface area contributed by atoms with E-state index in [0.717, 1.165) is 0 Å². The molecular formula is C7H5Cl2N3O. The van der Waals surface area contributed by atoms with Crippen molar-refractivity contribution in [2.24, 2.45) is 5.10 Å². The van der Waals surface area contributed by atoms with Gasteiger partial charge in [0.25, 0.3) is 5.91 Å². The summed E-state index contributed by atoms with van der Waals surface area (Å²) in [5, 5.41) is 3.52. The van der Waals surface area contributed by atoms with Crippen LogP contribution in [0.5, 0.6) is 0 Å². The van der Waals surface area contributed by atoms with E-state index < -0.39 is 5.91 Å². The number of hydrogen-bond donors (Lipinski definition) is 1. The summed E-state index contributed by atoms with van der Waals surface area (Å²) in [7, 11) is 0. The van der Waals surface area contributed by atoms with Crippen molar-refractivity contribution >= 4 is 35.8 Å². The largest absolute Gasteiger partial charge is 0.271 e. The molecule has 0 saturated carbocycles. The van der Waals surface area contributed by atoms with Crippen LogP contribution in [0.4, 0.5) is 0 Å². The summed E-state index contributed by atoms with van der Waals surface area (Å²) in [5.41, 5.74) is 2.44. The first-order valence-electron chi connectivity index (χ1n) is 3.22. The van der Waals surface area contributed by atoms with Gasteiger partial charge in [-0.15, -0.1) is 0 Å². The van der Waals surface area contributed by atoms with Crippen LogP contribution in [0.25, 0.3) is 0 Å². The standard InChI is InChI=1S/C7H5Cl2N3O/c1-10-12-7(13)4-2-5(8)11-6(9)3-4/h2-3H,1H2,(H,12,13). The Labute approximate surface area is 84.6 Å². The zero-order valence-electron chi connectivity index (χ0n) is 6.42. The van der Waals surface area contributed by atoms with E-state index in [-0.39, 0.29) is 15.9 Å². The predicted octanol–water partition coefficient (Wildman–Crippen LogP) is 1.73. The fourth-order valence-electron chi connectivity index (χ4n) is 0.732. The predicted molar refractivity (Wildman–Crippen MR) is 51.3 cm³/mol. The van der Waals surface area contributed by atoms with Crippen molar-refractivity contribution in [1.82, 2.24) is 10.4 Å². The number of pyridine rings is 1. The highest BCUT2D eigenvalue weighted by molar-refractivity contribution is 6.33. The molecule has 0 spiro atoms. The van der Waals surface area contributed by atoms with Gasteiger partial charge < -0.3 is 0 Å². The number of carbonyl (C=O) groups is 1. The van der Waals surface area contributed by atoms with Crippen molar-refractivity contribution in [2.45, 2.75) is 0 Å². The topological polar surface area (TPSA) is 54.4 Å². The van der Waals surface area contributed by atoms with E-state index in [0.29, 0.717) is 0 Å². The molecule has 68 valence electrons. The molecule has 0 atom stereocenters. The van der Waals surface area contributed by atoms with Crippen molar-refractivity contribution in [2.75, 3.05) is 0 Å². The molecule has 0 aliphatic rings. The molecule has 0 unspecified atom stereocenters. The number of halogens is 2. The Morgan fingerprint density at radius 2 is 2.00 bits per heavy atom. The van der Waals surface area contributed by atoms with Gasteiger partial charge in [-0.1, -0.05) is 23.2 Å². The van der Waals surface area contributed by atoms with Gasteiger partial charge in [-0.25, -0.2) is 10.4 Å². The van der Waals surface area contributed by atoms with Crippen LogP contribution in [-0.4, -0.2) is 17.6 Å². The summed E-state index contributed by atoms with van der Waals surface area (Å²) < 4.78 is 0. The zero-order valence-corrected chi connectivity index (χ0v) is 7.93. The van der Waals surface area contributed by atoms with E-state index in [1.54, 1.807) is 0 Å². The molecule has 1 aromatic rings. The summed E-state index contributed by atoms with van der Waals surface area (Å²) >= 11 is 11.1. The molecule has 0 saturated heterocycles. The molecule has 0 aliphatic heterocycles. The number of nitrogens with zero attached hydrogens (tertiary/aromatic N) is 2. The first kappa shape index (κ1) is 9.95. The minimum Gasteiger partial charge on any atom is -0.267 e. The highest BCUT2D eigenvalue weighted by atomic mass is 35.5. The maximum atomic E-state index is 11.2. The lowest BCUT2D eigenvalue weighted by Crippen LogP contribution is -2.16. The van der Waals surface area contributed by atoms with Gasteiger partial charge in [0.1, 0.15) is 10.3 Å². The average Bonchev–Trinajstić information content (AvgIpc) is 2.03. The van der Waals surface area contributed by atoms with Gasteiger partial charge in [-0.3, -0.25) is 4.79 Å². The second-order valence-electron chi connectivity index (χ2n) is 2.10. The van der Waals surface area contributed by atoms with Crippen LogP contribution < -0.4 is 5.43 Å². The Bertz CT molecular complexity index is 333. The molecule has 4 nitrogen and oxygen atoms in total. The van der Waals surface area contributed by atoms with Crippen LogP contribution in [0.15, 0.2) is 17.2 Å². The highest BCUT2D eigenvalue weighted by Gasteiger charge is 2.06. The van der Waals surface area contributed by atoms with Crippen molar-refractivity contribution in [3.05, 3.63) is 28.0 Å². The van der Waals surface area contributed by atoms with Crippen LogP contribution in [0, 0.1) is 0 Å². The number of nitrogens with one attached hydrogen (secondary N) is 1. The van der Waals surface area contributed by atoms with E-state index in [1.165, 1.54) is 12.1 Å². The monoisotopic (exact) mass is 217 g/mol. The van der Waals surface area contributed by atoms with Crippen LogP contribution in [0.1, 0.15) is 10.4 Å². The van der Waals surface area contributed by atoms with Gasteiger partial charge in [0.05, 0.1) is 0 Å². The third kappa shape index (κ3) is 2.68. The third-order valence-electron chi connectivity index (χ3n) is 1.21. The van der Waals surface area contributed by atoms with Crippen molar-refractivity contribution in [3.8, 4) is 0 Å². The zero-order chi connectivity index (χ0) is 9.84. The van der Waals surface area contributed by atoms with Crippen LogP contribution in [0.2, 0.25) is 10.3 Å². The quantitative estimate of drug-likeness (QED) is 0.466. The lowest BCUT2D eigenvalue weighted by molar-refractivity contribution is 0.0955. The summed E-state index contributed by atoms with van der Waals surface area (Å²) in [6.07, 6.45) is 0. The molecule has 1 rings (SSSR count). The van der Waals surface area contributed by atoms with Crippen LogP contribution in [-0.2, 0) is 0 Å². The molecule has 0 radical (unpaired) electrons. The molecule has 0 fully saturated rings. The number of rotatable bonds is 2. The lowest BCUT2D eigenvalue weighted by atomic mass is 10.2. The summed E-state index contributed by atoms with van der Waals surface area (Å²) in [6, 6.07) is 2.77. The number of aromatic nitrogens is 1. The van der Waals surface area contributed by atoms with Crippen molar-refractivity contribution in [3.63, 3.8) is 0 Å². The minimum atomic E-state index is -0.429. The molecule has 6 heteroatoms. The Morgan fingerprint density at radius 3 is 2.46 bits per heavy atom. The smallest absolute Gasteiger partial charge is 0.267 e. The molecule has 0 aromatic carbocycles. The Balaban J connectivity index is 3.00. The van der Waals surface area contributed by atoms with E-state index >= 15 is 0 Å². The Kier molecular flexibility index (Phi) is 3.22. The Morgan fingerprint density at radius 1 is 1.46 bits per heavy atom. The van der Waals surface area contributed by atoms with E-state index in [2.05, 4.69) is 22.2 Å². The average molecular weight is 218 g/mol. The number of amides is 1. The lowest BCUT2D eigenvalue weighted by Gasteiger charge is -1.99. The van der Waals surface area contributed by atoms with Gasteiger partial charge in [-0.05, 0) is 12.1 Å². The third-order valence-corrected chi connectivity index (χ3v) is 1.59. The van der Waals surface area contributed by atoms with Crippen LogP contribution >= 0.6 is 23.2 Å². The molecule has 0 bridgehead atoms. The van der Waals surface area contributed by atoms with E-state index in [9.17, 15) is 4.79 Å². The molecule has 1 N–H and O–H groups in total. The fourth-order valence-corrected chi connectivity index (χ4v) is 1.19. The van der Waals surface area contributed by atoms with Crippen molar-refractivity contribution in [1.29, 1.82) is 0 Å². The first-order chi connectivity index (χ1) is 6.13. The molecular weight excluding hydrogens is 213 g/mol. The normalized spacial score (nSPS) is 9.38. The fraction of sp³-hybridized carbons (Fsp3) is 0. The minimum absolute atomic E-state index is 0.154. The van der Waals surface area contributed by atoms with Gasteiger partial charge in [0, 0.05) is 12.3 Å². The van der Waals surface area contributed by atoms with Gasteiger partial charge in [0.15, 0.2) is 0 Å². The van der Waals surface area contributed by atoms with Crippen LogP contribution in [0.3, 0.4) is 0 Å². The maximum Gasteiger partial charge on any atom is 0.271 e. The second-order valence-corrected chi connectivity index (χ2v) is 2.87. The number of carbonyl (C=O) groups excluding carboxylic acids is 1. The summed E-state index contributed by atoms with van der Waals surface area (Å²) in [6.45, 7) is 3.11. The Hall–Kier alpha value is -1.13.